The van der Waals surface area contributed by atoms with E-state index in [1.807, 2.05) is 10.8 Å². The Morgan fingerprint density at radius 2 is 2.29 bits per heavy atom. The Morgan fingerprint density at radius 3 is 3.00 bits per heavy atom. The average Bonchev–Trinajstić information content (AvgIpc) is 2.82. The maximum absolute atomic E-state index is 11.6. The maximum Gasteiger partial charge on any atom is 0.271 e. The molecule has 0 radical (unpaired) electrons. The molecule has 0 saturated carbocycles. The fourth-order valence-corrected chi connectivity index (χ4v) is 1.30. The Hall–Kier alpha value is -2.44. The zero-order chi connectivity index (χ0) is 12.1. The van der Waals surface area contributed by atoms with Crippen molar-refractivity contribution in [2.75, 3.05) is 12.3 Å². The first-order valence-corrected chi connectivity index (χ1v) is 5.07. The highest BCUT2D eigenvalue weighted by Gasteiger charge is 2.06. The number of carbonyl (C=O) groups is 1. The topological polar surface area (TPSA) is 98.7 Å². The van der Waals surface area contributed by atoms with E-state index in [9.17, 15) is 4.79 Å². The zero-order valence-electron chi connectivity index (χ0n) is 9.08. The molecule has 0 aliphatic rings. The van der Waals surface area contributed by atoms with Crippen molar-refractivity contribution in [3.05, 3.63) is 36.8 Å². The summed E-state index contributed by atoms with van der Waals surface area (Å²) in [5.41, 5.74) is 5.65. The van der Waals surface area contributed by atoms with Crippen LogP contribution in [0.1, 0.15) is 10.5 Å². The van der Waals surface area contributed by atoms with E-state index in [1.54, 1.807) is 12.5 Å². The van der Waals surface area contributed by atoms with E-state index in [0.29, 0.717) is 13.1 Å². The van der Waals surface area contributed by atoms with E-state index < -0.39 is 0 Å². The van der Waals surface area contributed by atoms with Crippen molar-refractivity contribution >= 4 is 11.7 Å². The predicted molar refractivity (Wildman–Crippen MR) is 61.0 cm³/mol. The Morgan fingerprint density at radius 1 is 1.41 bits per heavy atom. The SMILES string of the molecule is Nc1cncc(C(=O)NCCn2ccnc2)n1. The predicted octanol–water partition coefficient (Wildman–Crippen LogP) is -0.315. The van der Waals surface area contributed by atoms with Gasteiger partial charge in [-0.1, -0.05) is 0 Å². The molecular formula is C10H12N6O. The molecule has 7 nitrogen and oxygen atoms in total. The molecule has 0 aliphatic carbocycles. The fourth-order valence-electron chi connectivity index (χ4n) is 1.30. The highest BCUT2D eigenvalue weighted by Crippen LogP contribution is 1.96. The molecular weight excluding hydrogens is 220 g/mol. The summed E-state index contributed by atoms with van der Waals surface area (Å²) in [5.74, 6) is -0.0582. The van der Waals surface area contributed by atoms with E-state index >= 15 is 0 Å². The van der Waals surface area contributed by atoms with E-state index in [0.717, 1.165) is 0 Å². The lowest BCUT2D eigenvalue weighted by Crippen LogP contribution is -2.28. The van der Waals surface area contributed by atoms with Crippen LogP contribution in [0.4, 0.5) is 5.82 Å². The summed E-state index contributed by atoms with van der Waals surface area (Å²) in [7, 11) is 0. The normalized spacial score (nSPS) is 10.1. The van der Waals surface area contributed by atoms with Crippen LogP contribution in [0.2, 0.25) is 0 Å². The number of nitrogen functional groups attached to an aromatic ring is 1. The van der Waals surface area contributed by atoms with Gasteiger partial charge in [0.25, 0.3) is 5.91 Å². The van der Waals surface area contributed by atoms with Crippen LogP contribution in [0.15, 0.2) is 31.1 Å². The summed E-state index contributed by atoms with van der Waals surface area (Å²) in [6, 6.07) is 0. The Labute approximate surface area is 97.7 Å². The first-order valence-electron chi connectivity index (χ1n) is 5.07. The van der Waals surface area contributed by atoms with Crippen LogP contribution in [0, 0.1) is 0 Å². The molecule has 0 bridgehead atoms. The van der Waals surface area contributed by atoms with Crippen LogP contribution in [0.5, 0.6) is 0 Å². The van der Waals surface area contributed by atoms with Gasteiger partial charge in [-0.25, -0.2) is 9.97 Å². The highest BCUT2D eigenvalue weighted by molar-refractivity contribution is 5.92. The first-order chi connectivity index (χ1) is 8.25. The van der Waals surface area contributed by atoms with Gasteiger partial charge in [-0.2, -0.15) is 0 Å². The molecule has 1 amide bonds. The fraction of sp³-hybridized carbons (Fsp3) is 0.200. The standard InChI is InChI=1S/C10H12N6O/c11-9-6-13-5-8(15-9)10(17)14-2-4-16-3-1-12-7-16/h1,3,5-7H,2,4H2,(H2,11,15)(H,14,17). The third-order valence-electron chi connectivity index (χ3n) is 2.10. The zero-order valence-corrected chi connectivity index (χ0v) is 9.08. The van der Waals surface area contributed by atoms with Gasteiger partial charge in [-0.05, 0) is 0 Å². The molecule has 0 aliphatic heterocycles. The van der Waals surface area contributed by atoms with Crippen molar-refractivity contribution in [1.29, 1.82) is 0 Å². The number of amides is 1. The van der Waals surface area contributed by atoms with E-state index in [1.165, 1.54) is 12.4 Å². The van der Waals surface area contributed by atoms with Crippen LogP contribution >= 0.6 is 0 Å². The molecule has 0 unspecified atom stereocenters. The number of rotatable bonds is 4. The van der Waals surface area contributed by atoms with Gasteiger partial charge in [-0.3, -0.25) is 9.78 Å². The number of nitrogens with zero attached hydrogens (tertiary/aromatic N) is 4. The monoisotopic (exact) mass is 232 g/mol. The first kappa shape index (κ1) is 11.1. The molecule has 0 fully saturated rings. The van der Waals surface area contributed by atoms with Crippen LogP contribution in [-0.4, -0.2) is 32.0 Å². The minimum Gasteiger partial charge on any atom is -0.382 e. The summed E-state index contributed by atoms with van der Waals surface area (Å²) in [4.78, 5) is 23.2. The molecule has 0 saturated heterocycles. The second kappa shape index (κ2) is 5.06. The number of anilines is 1. The molecule has 3 N–H and O–H groups in total. The smallest absolute Gasteiger partial charge is 0.271 e. The van der Waals surface area contributed by atoms with Crippen LogP contribution in [-0.2, 0) is 6.54 Å². The lowest BCUT2D eigenvalue weighted by molar-refractivity contribution is 0.0947. The minimum absolute atomic E-state index is 0.218. The Balaban J connectivity index is 1.85. The number of imidazole rings is 1. The van der Waals surface area contributed by atoms with E-state index in [4.69, 9.17) is 5.73 Å². The van der Waals surface area contributed by atoms with Gasteiger partial charge < -0.3 is 15.6 Å². The number of nitrogens with two attached hydrogens (primary N) is 1. The molecule has 7 heteroatoms. The van der Waals surface area contributed by atoms with E-state index in [-0.39, 0.29) is 17.4 Å². The molecule has 2 aromatic rings. The largest absolute Gasteiger partial charge is 0.382 e. The van der Waals surface area contributed by atoms with Crippen molar-refractivity contribution in [1.82, 2.24) is 24.8 Å². The summed E-state index contributed by atoms with van der Waals surface area (Å²) in [5, 5.41) is 2.72. The molecule has 0 aromatic carbocycles. The summed E-state index contributed by atoms with van der Waals surface area (Å²) in [6.07, 6.45) is 7.97. The van der Waals surface area contributed by atoms with Crippen LogP contribution in [0.3, 0.4) is 0 Å². The second-order valence-electron chi connectivity index (χ2n) is 3.39. The van der Waals surface area contributed by atoms with Gasteiger partial charge in [0, 0.05) is 25.5 Å². The number of carbonyl (C=O) groups excluding carboxylic acids is 1. The number of hydrogen-bond acceptors (Lipinski definition) is 5. The molecule has 2 heterocycles. The second-order valence-corrected chi connectivity index (χ2v) is 3.39. The van der Waals surface area contributed by atoms with Crippen LogP contribution < -0.4 is 11.1 Å². The molecule has 17 heavy (non-hydrogen) atoms. The van der Waals surface area contributed by atoms with Gasteiger partial charge in [-0.15, -0.1) is 0 Å². The lowest BCUT2D eigenvalue weighted by atomic mass is 10.4. The van der Waals surface area contributed by atoms with Crippen molar-refractivity contribution in [3.63, 3.8) is 0 Å². The molecule has 2 rings (SSSR count). The van der Waals surface area contributed by atoms with Crippen molar-refractivity contribution < 1.29 is 4.79 Å². The number of aromatic nitrogens is 4. The molecule has 0 atom stereocenters. The lowest BCUT2D eigenvalue weighted by Gasteiger charge is -2.05. The van der Waals surface area contributed by atoms with Gasteiger partial charge in [0.05, 0.1) is 18.7 Å². The third-order valence-corrected chi connectivity index (χ3v) is 2.10. The van der Waals surface area contributed by atoms with Gasteiger partial charge in [0.2, 0.25) is 0 Å². The third kappa shape index (κ3) is 3.00. The summed E-state index contributed by atoms with van der Waals surface area (Å²) < 4.78 is 1.87. The van der Waals surface area contributed by atoms with Crippen LogP contribution in [0.25, 0.3) is 0 Å². The molecule has 2 aromatic heterocycles. The van der Waals surface area contributed by atoms with Gasteiger partial charge in [0.15, 0.2) is 0 Å². The molecule has 88 valence electrons. The summed E-state index contributed by atoms with van der Waals surface area (Å²) in [6.45, 7) is 1.15. The quantitative estimate of drug-likeness (QED) is 0.753. The van der Waals surface area contributed by atoms with Crippen molar-refractivity contribution in [2.24, 2.45) is 0 Å². The van der Waals surface area contributed by atoms with Gasteiger partial charge in [0.1, 0.15) is 11.5 Å². The average molecular weight is 232 g/mol. The Kier molecular flexibility index (Phi) is 3.29. The van der Waals surface area contributed by atoms with Crippen molar-refractivity contribution in [3.8, 4) is 0 Å². The highest BCUT2D eigenvalue weighted by atomic mass is 16.1. The maximum atomic E-state index is 11.6. The van der Waals surface area contributed by atoms with E-state index in [2.05, 4.69) is 20.3 Å². The van der Waals surface area contributed by atoms with Gasteiger partial charge >= 0.3 is 0 Å². The number of hydrogen-bond donors (Lipinski definition) is 2. The Bertz CT molecular complexity index is 495. The summed E-state index contributed by atoms with van der Waals surface area (Å²) >= 11 is 0. The van der Waals surface area contributed by atoms with Crippen molar-refractivity contribution in [2.45, 2.75) is 6.54 Å². The minimum atomic E-state index is -0.287. The number of nitrogens with one attached hydrogen (secondary N) is 1. The molecule has 0 spiro atoms.